The predicted molar refractivity (Wildman–Crippen MR) is 128 cm³/mol. The molecule has 6 nitrogen and oxygen atoms in total. The van der Waals surface area contributed by atoms with Gasteiger partial charge >= 0.3 is 0 Å². The van der Waals surface area contributed by atoms with Crippen LogP contribution in [0.3, 0.4) is 0 Å². The van der Waals surface area contributed by atoms with Crippen LogP contribution in [-0.2, 0) is 19.6 Å². The Hall–Kier alpha value is -2.55. The Bertz CT molecular complexity index is 924. The Morgan fingerprint density at radius 2 is 1.83 bits per heavy atom. The topological polar surface area (TPSA) is 63.5 Å². The van der Waals surface area contributed by atoms with E-state index in [1.807, 2.05) is 35.1 Å². The molecule has 0 fully saturated rings. The average Bonchev–Trinajstić information content (AvgIpc) is 3.16. The van der Waals surface area contributed by atoms with E-state index in [1.165, 1.54) is 11.1 Å². The fourth-order valence-electron chi connectivity index (χ4n) is 2.94. The van der Waals surface area contributed by atoms with E-state index in [4.69, 9.17) is 4.74 Å². The summed E-state index contributed by atoms with van der Waals surface area (Å²) in [4.78, 5) is 4.29. The second-order valence-corrected chi connectivity index (χ2v) is 6.63. The first-order valence-corrected chi connectivity index (χ1v) is 9.31. The number of nitrogens with one attached hydrogen (secondary N) is 2. The number of guanidine groups is 1. The molecule has 0 amide bonds. The molecule has 0 bridgehead atoms. The molecule has 7 heteroatoms. The molecule has 0 aliphatic heterocycles. The highest BCUT2D eigenvalue weighted by molar-refractivity contribution is 14.0. The van der Waals surface area contributed by atoms with Crippen LogP contribution in [0, 0.1) is 6.92 Å². The van der Waals surface area contributed by atoms with Gasteiger partial charge in [0.1, 0.15) is 5.75 Å². The number of aryl methyl sites for hydroxylation is 1. The van der Waals surface area contributed by atoms with Gasteiger partial charge in [0, 0.05) is 37.5 Å². The second-order valence-electron chi connectivity index (χ2n) is 6.63. The number of ether oxygens (including phenoxy) is 1. The summed E-state index contributed by atoms with van der Waals surface area (Å²) in [5.74, 6) is 1.61. The van der Waals surface area contributed by atoms with E-state index >= 15 is 0 Å². The summed E-state index contributed by atoms with van der Waals surface area (Å²) < 4.78 is 7.41. The SMILES string of the molecule is CN=C(NCc1cnn(Cc2ccccc2)c1)NCc1ccc(C)cc1OC.I. The Kier molecular flexibility index (Phi) is 8.98. The monoisotopic (exact) mass is 505 g/mol. The number of halogens is 1. The van der Waals surface area contributed by atoms with Gasteiger partial charge in [-0.3, -0.25) is 9.67 Å². The van der Waals surface area contributed by atoms with Crippen LogP contribution in [0.1, 0.15) is 22.3 Å². The van der Waals surface area contributed by atoms with Crippen molar-refractivity contribution in [2.24, 2.45) is 4.99 Å². The summed E-state index contributed by atoms with van der Waals surface area (Å²) in [6.45, 7) is 4.11. The van der Waals surface area contributed by atoms with Gasteiger partial charge in [0.2, 0.25) is 0 Å². The van der Waals surface area contributed by atoms with Gasteiger partial charge in [0.15, 0.2) is 5.96 Å². The number of aliphatic imine (C=N–C) groups is 1. The van der Waals surface area contributed by atoms with Crippen molar-refractivity contribution in [3.8, 4) is 5.75 Å². The van der Waals surface area contributed by atoms with Gasteiger partial charge in [0.25, 0.3) is 0 Å². The Balaban J connectivity index is 0.00000300. The maximum atomic E-state index is 5.46. The number of nitrogens with zero attached hydrogens (tertiary/aromatic N) is 3. The summed E-state index contributed by atoms with van der Waals surface area (Å²) >= 11 is 0. The van der Waals surface area contributed by atoms with Gasteiger partial charge in [-0.1, -0.05) is 42.5 Å². The first kappa shape index (κ1) is 22.7. The average molecular weight is 505 g/mol. The van der Waals surface area contributed by atoms with Crippen LogP contribution in [-0.4, -0.2) is 29.9 Å². The highest BCUT2D eigenvalue weighted by atomic mass is 127. The summed E-state index contributed by atoms with van der Waals surface area (Å²) in [6.07, 6.45) is 3.93. The number of rotatable bonds is 7. The third-order valence-electron chi connectivity index (χ3n) is 4.45. The largest absolute Gasteiger partial charge is 0.496 e. The van der Waals surface area contributed by atoms with Crippen LogP contribution in [0.2, 0.25) is 0 Å². The molecule has 0 atom stereocenters. The van der Waals surface area contributed by atoms with Gasteiger partial charge < -0.3 is 15.4 Å². The van der Waals surface area contributed by atoms with Gasteiger partial charge in [-0.2, -0.15) is 5.10 Å². The third kappa shape index (κ3) is 6.77. The number of methoxy groups -OCH3 is 1. The van der Waals surface area contributed by atoms with Gasteiger partial charge in [-0.25, -0.2) is 0 Å². The molecule has 29 heavy (non-hydrogen) atoms. The molecule has 2 aromatic carbocycles. The molecule has 0 aliphatic carbocycles. The van der Waals surface area contributed by atoms with Gasteiger partial charge in [-0.05, 0) is 24.1 Å². The molecule has 3 rings (SSSR count). The van der Waals surface area contributed by atoms with Gasteiger partial charge in [-0.15, -0.1) is 24.0 Å². The lowest BCUT2D eigenvalue weighted by Gasteiger charge is -2.14. The highest BCUT2D eigenvalue weighted by Gasteiger charge is 2.06. The lowest BCUT2D eigenvalue weighted by atomic mass is 10.1. The normalized spacial score (nSPS) is 10.9. The predicted octanol–water partition coefficient (Wildman–Crippen LogP) is 3.73. The fourth-order valence-corrected chi connectivity index (χ4v) is 2.94. The molecule has 1 aromatic heterocycles. The van der Waals surface area contributed by atoms with E-state index in [2.05, 4.69) is 58.1 Å². The minimum absolute atomic E-state index is 0. The zero-order chi connectivity index (χ0) is 19.8. The molecular formula is C22H28IN5O. The molecule has 0 saturated carbocycles. The Morgan fingerprint density at radius 3 is 2.55 bits per heavy atom. The van der Waals surface area contributed by atoms with E-state index in [-0.39, 0.29) is 24.0 Å². The van der Waals surface area contributed by atoms with Crippen LogP contribution in [0.4, 0.5) is 0 Å². The van der Waals surface area contributed by atoms with Crippen LogP contribution < -0.4 is 15.4 Å². The molecule has 0 saturated heterocycles. The molecule has 0 aliphatic rings. The van der Waals surface area contributed by atoms with E-state index in [0.717, 1.165) is 29.4 Å². The number of hydrogen-bond acceptors (Lipinski definition) is 3. The van der Waals surface area contributed by atoms with E-state index in [9.17, 15) is 0 Å². The Labute approximate surface area is 189 Å². The lowest BCUT2D eigenvalue weighted by molar-refractivity contribution is 0.408. The maximum absolute atomic E-state index is 5.46. The van der Waals surface area contributed by atoms with Crippen molar-refractivity contribution in [3.63, 3.8) is 0 Å². The first-order valence-electron chi connectivity index (χ1n) is 9.31. The van der Waals surface area contributed by atoms with Crippen molar-refractivity contribution in [1.82, 2.24) is 20.4 Å². The number of hydrogen-bond donors (Lipinski definition) is 2. The second kappa shape index (κ2) is 11.5. The Morgan fingerprint density at radius 1 is 1.07 bits per heavy atom. The van der Waals surface area contributed by atoms with Crippen molar-refractivity contribution in [2.45, 2.75) is 26.6 Å². The van der Waals surface area contributed by atoms with Gasteiger partial charge in [0.05, 0.1) is 19.9 Å². The smallest absolute Gasteiger partial charge is 0.191 e. The van der Waals surface area contributed by atoms with Crippen LogP contribution in [0.25, 0.3) is 0 Å². The molecule has 154 valence electrons. The maximum Gasteiger partial charge on any atom is 0.191 e. The van der Waals surface area contributed by atoms with Crippen LogP contribution in [0.5, 0.6) is 5.75 Å². The zero-order valence-corrected chi connectivity index (χ0v) is 19.4. The minimum atomic E-state index is 0. The summed E-state index contributed by atoms with van der Waals surface area (Å²) in [5.41, 5.74) is 4.60. The summed E-state index contributed by atoms with van der Waals surface area (Å²) in [6, 6.07) is 16.5. The van der Waals surface area contributed by atoms with Crippen molar-refractivity contribution in [1.29, 1.82) is 0 Å². The summed E-state index contributed by atoms with van der Waals surface area (Å²) in [5, 5.41) is 11.1. The van der Waals surface area contributed by atoms with Crippen LogP contribution in [0.15, 0.2) is 65.9 Å². The molecule has 2 N–H and O–H groups in total. The lowest BCUT2D eigenvalue weighted by Crippen LogP contribution is -2.36. The zero-order valence-electron chi connectivity index (χ0n) is 17.1. The molecular weight excluding hydrogens is 477 g/mol. The van der Waals surface area contributed by atoms with E-state index in [1.54, 1.807) is 14.2 Å². The molecule has 0 spiro atoms. The van der Waals surface area contributed by atoms with Crippen molar-refractivity contribution >= 4 is 29.9 Å². The molecule has 0 unspecified atom stereocenters. The fraction of sp³-hybridized carbons (Fsp3) is 0.273. The highest BCUT2D eigenvalue weighted by Crippen LogP contribution is 2.19. The van der Waals surface area contributed by atoms with E-state index < -0.39 is 0 Å². The van der Waals surface area contributed by atoms with Crippen LogP contribution >= 0.6 is 24.0 Å². The van der Waals surface area contributed by atoms with Crippen molar-refractivity contribution in [2.75, 3.05) is 14.2 Å². The minimum Gasteiger partial charge on any atom is -0.496 e. The number of aromatic nitrogens is 2. The molecule has 0 radical (unpaired) electrons. The number of benzene rings is 2. The quantitative estimate of drug-likeness (QED) is 0.292. The van der Waals surface area contributed by atoms with E-state index in [0.29, 0.717) is 13.1 Å². The van der Waals surface area contributed by atoms with Crippen molar-refractivity contribution < 1.29 is 4.74 Å². The molecule has 1 heterocycles. The summed E-state index contributed by atoms with van der Waals surface area (Å²) in [7, 11) is 3.46. The van der Waals surface area contributed by atoms with Crippen molar-refractivity contribution in [3.05, 3.63) is 83.2 Å². The standard InChI is InChI=1S/C22H27N5O.HI/c1-17-9-10-20(21(11-17)28-3)14-25-22(23-2)24-12-19-13-26-27(16-19)15-18-7-5-4-6-8-18;/h4-11,13,16H,12,14-15H2,1-3H3,(H2,23,24,25);1H. The first-order chi connectivity index (χ1) is 13.7. The third-order valence-corrected chi connectivity index (χ3v) is 4.45. The molecule has 3 aromatic rings.